The highest BCUT2D eigenvalue weighted by Gasteiger charge is 2.38. The fourth-order valence-electron chi connectivity index (χ4n) is 1.95. The van der Waals surface area contributed by atoms with Crippen molar-refractivity contribution in [2.45, 2.75) is 19.0 Å². The summed E-state index contributed by atoms with van der Waals surface area (Å²) in [7, 11) is 0. The van der Waals surface area contributed by atoms with Gasteiger partial charge in [-0.25, -0.2) is 4.79 Å². The molecule has 1 heterocycles. The zero-order chi connectivity index (χ0) is 14.6. The minimum Gasteiger partial charge on any atom is -0.464 e. The van der Waals surface area contributed by atoms with Crippen molar-refractivity contribution in [3.05, 3.63) is 53.3 Å². The van der Waals surface area contributed by atoms with E-state index in [-0.39, 0.29) is 13.2 Å². The smallest absolute Gasteiger partial charge is 0.332 e. The normalized spacial score (nSPS) is 13.8. The molecule has 0 saturated heterocycles. The number of rotatable bonds is 5. The molecule has 0 fully saturated rings. The number of halogens is 1. The molecule has 2 N–H and O–H groups in total. The van der Waals surface area contributed by atoms with Crippen molar-refractivity contribution in [3.63, 3.8) is 0 Å². The number of carbonyl (C=O) groups is 1. The first-order valence-corrected chi connectivity index (χ1v) is 6.63. The van der Waals surface area contributed by atoms with E-state index in [0.717, 1.165) is 0 Å². The second kappa shape index (κ2) is 6.07. The molecule has 0 saturated carbocycles. The molecule has 1 aromatic carbocycles. The van der Waals surface area contributed by atoms with Gasteiger partial charge in [0.1, 0.15) is 0 Å². The highest BCUT2D eigenvalue weighted by atomic mass is 35.5. The van der Waals surface area contributed by atoms with Crippen LogP contribution in [0.1, 0.15) is 12.5 Å². The molecule has 1 aromatic heterocycles. The van der Waals surface area contributed by atoms with Gasteiger partial charge in [-0.15, -0.1) is 0 Å². The molecule has 2 rings (SSSR count). The van der Waals surface area contributed by atoms with Crippen LogP contribution in [0.3, 0.4) is 0 Å². The van der Waals surface area contributed by atoms with E-state index >= 15 is 0 Å². The fraction of sp³-hybridized carbons (Fsp3) is 0.286. The van der Waals surface area contributed by atoms with Crippen LogP contribution in [0.15, 0.2) is 42.7 Å². The molecular formula is C14H16ClN3O2. The Morgan fingerprint density at radius 1 is 1.45 bits per heavy atom. The molecule has 1 unspecified atom stereocenters. The summed E-state index contributed by atoms with van der Waals surface area (Å²) in [6, 6.07) is 9.10. The first-order chi connectivity index (χ1) is 9.56. The van der Waals surface area contributed by atoms with Gasteiger partial charge in [-0.2, -0.15) is 5.10 Å². The molecule has 2 aromatic rings. The first kappa shape index (κ1) is 14.6. The molecule has 5 nitrogen and oxygen atoms in total. The first-order valence-electron chi connectivity index (χ1n) is 6.26. The van der Waals surface area contributed by atoms with Crippen molar-refractivity contribution in [2.75, 3.05) is 6.61 Å². The third-order valence-electron chi connectivity index (χ3n) is 2.94. The zero-order valence-corrected chi connectivity index (χ0v) is 11.9. The van der Waals surface area contributed by atoms with Crippen LogP contribution in [0.5, 0.6) is 0 Å². The van der Waals surface area contributed by atoms with E-state index in [0.29, 0.717) is 10.6 Å². The lowest BCUT2D eigenvalue weighted by atomic mass is 9.91. The number of benzene rings is 1. The van der Waals surface area contributed by atoms with Gasteiger partial charge in [-0.3, -0.25) is 4.68 Å². The maximum atomic E-state index is 12.3. The van der Waals surface area contributed by atoms with Crippen LogP contribution >= 0.6 is 11.6 Å². The molecule has 1 atom stereocenters. The Bertz CT molecular complexity index is 585. The van der Waals surface area contributed by atoms with E-state index < -0.39 is 11.5 Å². The molecule has 0 amide bonds. The molecule has 20 heavy (non-hydrogen) atoms. The quantitative estimate of drug-likeness (QED) is 0.856. The van der Waals surface area contributed by atoms with E-state index in [9.17, 15) is 4.79 Å². The predicted molar refractivity (Wildman–Crippen MR) is 76.2 cm³/mol. The second-order valence-corrected chi connectivity index (χ2v) is 4.85. The predicted octanol–water partition coefficient (Wildman–Crippen LogP) is 1.95. The summed E-state index contributed by atoms with van der Waals surface area (Å²) in [6.07, 6.45) is 3.11. The Morgan fingerprint density at radius 2 is 2.15 bits per heavy atom. The Morgan fingerprint density at radius 3 is 2.70 bits per heavy atom. The molecule has 0 radical (unpaired) electrons. The third kappa shape index (κ3) is 3.00. The van der Waals surface area contributed by atoms with Gasteiger partial charge in [0.2, 0.25) is 0 Å². The fourth-order valence-corrected chi connectivity index (χ4v) is 2.11. The van der Waals surface area contributed by atoms with Gasteiger partial charge >= 0.3 is 5.97 Å². The van der Waals surface area contributed by atoms with Crippen LogP contribution in [0.2, 0.25) is 5.02 Å². The highest BCUT2D eigenvalue weighted by Crippen LogP contribution is 2.23. The summed E-state index contributed by atoms with van der Waals surface area (Å²) in [5, 5.41) is 4.56. The topological polar surface area (TPSA) is 70.1 Å². The SMILES string of the molecule is CCOC(=O)C(N)(Cn1cc(Cl)cn1)c1ccccc1. The molecular weight excluding hydrogens is 278 g/mol. The third-order valence-corrected chi connectivity index (χ3v) is 3.14. The van der Waals surface area contributed by atoms with Crippen molar-refractivity contribution in [2.24, 2.45) is 5.73 Å². The minimum absolute atomic E-state index is 0.155. The Labute approximate surface area is 122 Å². The van der Waals surface area contributed by atoms with Crippen molar-refractivity contribution in [3.8, 4) is 0 Å². The molecule has 0 spiro atoms. The van der Waals surface area contributed by atoms with Crippen LogP contribution < -0.4 is 5.73 Å². The molecule has 0 aliphatic heterocycles. The largest absolute Gasteiger partial charge is 0.464 e. The number of hydrogen-bond donors (Lipinski definition) is 1. The molecule has 0 aliphatic rings. The van der Waals surface area contributed by atoms with Gasteiger partial charge < -0.3 is 10.5 Å². The van der Waals surface area contributed by atoms with Crippen LogP contribution in [0.25, 0.3) is 0 Å². The van der Waals surface area contributed by atoms with Crippen LogP contribution in [0, 0.1) is 0 Å². The Balaban J connectivity index is 2.36. The van der Waals surface area contributed by atoms with Gasteiger partial charge in [0.15, 0.2) is 5.54 Å². The molecule has 106 valence electrons. The lowest BCUT2D eigenvalue weighted by molar-refractivity contribution is -0.150. The summed E-state index contributed by atoms with van der Waals surface area (Å²) in [6.45, 7) is 2.17. The van der Waals surface area contributed by atoms with Gasteiger partial charge in [0, 0.05) is 6.20 Å². The Hall–Kier alpha value is -1.85. The molecule has 0 aliphatic carbocycles. The summed E-state index contributed by atoms with van der Waals surface area (Å²) in [5.74, 6) is -0.488. The van der Waals surface area contributed by atoms with Gasteiger partial charge in [-0.05, 0) is 12.5 Å². The van der Waals surface area contributed by atoms with Gasteiger partial charge in [0.05, 0.1) is 24.4 Å². The van der Waals surface area contributed by atoms with E-state index in [4.69, 9.17) is 22.1 Å². The molecule has 6 heteroatoms. The summed E-state index contributed by atoms with van der Waals surface area (Å²) < 4.78 is 6.64. The highest BCUT2D eigenvalue weighted by molar-refractivity contribution is 6.30. The Kier molecular flexibility index (Phi) is 4.42. The van der Waals surface area contributed by atoms with Crippen molar-refractivity contribution < 1.29 is 9.53 Å². The van der Waals surface area contributed by atoms with Crippen LogP contribution in [-0.2, 0) is 21.6 Å². The lowest BCUT2D eigenvalue weighted by Crippen LogP contribution is -2.49. The maximum absolute atomic E-state index is 12.3. The lowest BCUT2D eigenvalue weighted by Gasteiger charge is -2.27. The number of ether oxygens (including phenoxy) is 1. The van der Waals surface area contributed by atoms with E-state index in [1.165, 1.54) is 10.9 Å². The zero-order valence-electron chi connectivity index (χ0n) is 11.1. The van der Waals surface area contributed by atoms with Crippen molar-refractivity contribution in [1.29, 1.82) is 0 Å². The number of hydrogen-bond acceptors (Lipinski definition) is 4. The van der Waals surface area contributed by atoms with Gasteiger partial charge in [0.25, 0.3) is 0 Å². The minimum atomic E-state index is -1.30. The van der Waals surface area contributed by atoms with Crippen LogP contribution in [-0.4, -0.2) is 22.4 Å². The van der Waals surface area contributed by atoms with Crippen molar-refractivity contribution >= 4 is 17.6 Å². The number of aromatic nitrogens is 2. The number of nitrogens with two attached hydrogens (primary N) is 1. The van der Waals surface area contributed by atoms with Crippen molar-refractivity contribution in [1.82, 2.24) is 9.78 Å². The average Bonchev–Trinajstić information content (AvgIpc) is 2.85. The number of nitrogens with zero attached hydrogens (tertiary/aromatic N) is 2. The average molecular weight is 294 g/mol. The summed E-state index contributed by atoms with van der Waals surface area (Å²) in [4.78, 5) is 12.3. The summed E-state index contributed by atoms with van der Waals surface area (Å²) in [5.41, 5.74) is 5.68. The number of carbonyl (C=O) groups excluding carboxylic acids is 1. The summed E-state index contributed by atoms with van der Waals surface area (Å²) >= 11 is 5.84. The van der Waals surface area contributed by atoms with Crippen LogP contribution in [0.4, 0.5) is 0 Å². The van der Waals surface area contributed by atoms with Gasteiger partial charge in [-0.1, -0.05) is 41.9 Å². The molecule has 0 bridgehead atoms. The van der Waals surface area contributed by atoms with E-state index in [2.05, 4.69) is 5.10 Å². The maximum Gasteiger partial charge on any atom is 0.332 e. The second-order valence-electron chi connectivity index (χ2n) is 4.41. The van der Waals surface area contributed by atoms with E-state index in [1.54, 1.807) is 25.3 Å². The number of esters is 1. The monoisotopic (exact) mass is 293 g/mol. The standard InChI is InChI=1S/C14H16ClN3O2/c1-2-20-13(19)14(16,11-6-4-3-5-7-11)10-18-9-12(15)8-17-18/h3-9H,2,10,16H2,1H3. The van der Waals surface area contributed by atoms with E-state index in [1.807, 2.05) is 18.2 Å².